The van der Waals surface area contributed by atoms with E-state index < -0.39 is 23.1 Å². The molecule has 0 radical (unpaired) electrons. The molecule has 0 saturated heterocycles. The van der Waals surface area contributed by atoms with E-state index in [0.29, 0.717) is 25.7 Å². The summed E-state index contributed by atoms with van der Waals surface area (Å²) < 4.78 is 12.5. The Labute approximate surface area is 211 Å². The first-order valence-electron chi connectivity index (χ1n) is 10.1. The molecule has 0 fully saturated rings. The lowest BCUT2D eigenvalue weighted by molar-refractivity contribution is -0.385. The highest BCUT2D eigenvalue weighted by atomic mass is 79.9. The maximum Gasteiger partial charge on any atom is 0.344 e. The van der Waals surface area contributed by atoms with Gasteiger partial charge in [0.25, 0.3) is 5.56 Å². The van der Waals surface area contributed by atoms with Crippen LogP contribution in [0.15, 0.2) is 49.2 Å². The van der Waals surface area contributed by atoms with E-state index in [9.17, 15) is 19.7 Å². The van der Waals surface area contributed by atoms with Gasteiger partial charge in [-0.25, -0.2) is 9.78 Å². The molecule has 12 heteroatoms. The molecule has 0 aliphatic rings. The highest BCUT2D eigenvalue weighted by Gasteiger charge is 2.22. The summed E-state index contributed by atoms with van der Waals surface area (Å²) in [4.78, 5) is 40.5. The van der Waals surface area contributed by atoms with Crippen LogP contribution in [0, 0.1) is 10.1 Å². The van der Waals surface area contributed by atoms with Gasteiger partial charge in [-0.05, 0) is 31.2 Å². The maximum atomic E-state index is 13.2. The summed E-state index contributed by atoms with van der Waals surface area (Å²) in [5, 5.41) is 16.3. The van der Waals surface area contributed by atoms with E-state index in [1.54, 1.807) is 25.1 Å². The quantitative estimate of drug-likeness (QED) is 0.159. The van der Waals surface area contributed by atoms with Gasteiger partial charge in [0.05, 0.1) is 28.6 Å². The topological polar surface area (TPSA) is 126 Å². The summed E-state index contributed by atoms with van der Waals surface area (Å²) in [6.07, 6.45) is 1.26. The molecule has 1 aromatic heterocycles. The van der Waals surface area contributed by atoms with Crippen molar-refractivity contribution in [3.05, 3.63) is 71.1 Å². The number of halogens is 2. The van der Waals surface area contributed by atoms with Crippen molar-refractivity contribution in [1.29, 1.82) is 0 Å². The molecule has 3 aromatic rings. The lowest BCUT2D eigenvalue weighted by Gasteiger charge is -2.13. The Morgan fingerprint density at radius 1 is 1.26 bits per heavy atom. The van der Waals surface area contributed by atoms with Crippen molar-refractivity contribution in [3.63, 3.8) is 0 Å². The van der Waals surface area contributed by atoms with Gasteiger partial charge in [-0.3, -0.25) is 14.9 Å². The zero-order valence-corrected chi connectivity index (χ0v) is 21.6. The molecule has 34 heavy (non-hydrogen) atoms. The molecule has 0 saturated carbocycles. The van der Waals surface area contributed by atoms with Crippen molar-refractivity contribution in [2.24, 2.45) is 5.10 Å². The highest BCUT2D eigenvalue weighted by molar-refractivity contribution is 9.10. The van der Waals surface area contributed by atoms with Crippen molar-refractivity contribution in [1.82, 2.24) is 9.66 Å². The number of carbonyl (C=O) groups excluding carboxylic acids is 1. The van der Waals surface area contributed by atoms with Gasteiger partial charge in [0.15, 0.2) is 6.61 Å². The number of rotatable bonds is 8. The summed E-state index contributed by atoms with van der Waals surface area (Å²) in [5.41, 5.74) is -0.0666. The molecule has 0 N–H and O–H groups in total. The number of fused-ring (bicyclic) bond motifs is 1. The van der Waals surface area contributed by atoms with Crippen LogP contribution in [0.25, 0.3) is 10.9 Å². The SMILES string of the molecule is CCOC(=O)COc1c(C=Nn2c(C(C)C)nc3ccc(Br)cc3c2=O)cc(Br)cc1[N+](=O)[O-]. The molecule has 178 valence electrons. The van der Waals surface area contributed by atoms with Crippen LogP contribution in [-0.4, -0.2) is 40.0 Å². The van der Waals surface area contributed by atoms with Crippen LogP contribution in [0.3, 0.4) is 0 Å². The summed E-state index contributed by atoms with van der Waals surface area (Å²) in [7, 11) is 0. The van der Waals surface area contributed by atoms with Gasteiger partial charge in [0.2, 0.25) is 5.75 Å². The van der Waals surface area contributed by atoms with Gasteiger partial charge in [-0.15, -0.1) is 0 Å². The van der Waals surface area contributed by atoms with Gasteiger partial charge in [-0.2, -0.15) is 9.78 Å². The monoisotopic (exact) mass is 594 g/mol. The van der Waals surface area contributed by atoms with Gasteiger partial charge in [-0.1, -0.05) is 45.7 Å². The molecule has 1 heterocycles. The van der Waals surface area contributed by atoms with E-state index in [4.69, 9.17) is 9.47 Å². The minimum Gasteiger partial charge on any atom is -0.474 e. The number of benzene rings is 2. The summed E-state index contributed by atoms with van der Waals surface area (Å²) in [5.74, 6) is -0.588. The van der Waals surface area contributed by atoms with Crippen LogP contribution < -0.4 is 10.3 Å². The van der Waals surface area contributed by atoms with Crippen molar-refractivity contribution >= 4 is 60.6 Å². The molecule has 0 atom stereocenters. The molecule has 0 bridgehead atoms. The standard InChI is InChI=1S/C22H20Br2N4O6/c1-4-33-19(29)11-34-20-13(7-15(24)9-18(20)28(31)32)10-25-27-21(12(2)3)26-17-6-5-14(23)8-16(17)22(27)30/h5-10,12H,4,11H2,1-3H3. The largest absolute Gasteiger partial charge is 0.474 e. The normalized spacial score (nSPS) is 11.4. The van der Waals surface area contributed by atoms with E-state index in [1.165, 1.54) is 18.3 Å². The Morgan fingerprint density at radius 2 is 2.00 bits per heavy atom. The van der Waals surface area contributed by atoms with Crippen LogP contribution in [0.2, 0.25) is 0 Å². The Morgan fingerprint density at radius 3 is 2.65 bits per heavy atom. The highest BCUT2D eigenvalue weighted by Crippen LogP contribution is 2.34. The average molecular weight is 596 g/mol. The molecule has 0 amide bonds. The average Bonchev–Trinajstić information content (AvgIpc) is 2.77. The molecule has 3 rings (SSSR count). The minimum atomic E-state index is -0.676. The molecule has 10 nitrogen and oxygen atoms in total. The number of carbonyl (C=O) groups is 1. The molecule has 2 aromatic carbocycles. The maximum absolute atomic E-state index is 13.2. The Kier molecular flexibility index (Phi) is 8.15. The van der Waals surface area contributed by atoms with E-state index in [1.807, 2.05) is 13.8 Å². The Hall–Kier alpha value is -3.12. The van der Waals surface area contributed by atoms with Crippen LogP contribution in [0.1, 0.15) is 38.1 Å². The van der Waals surface area contributed by atoms with Crippen molar-refractivity contribution < 1.29 is 19.2 Å². The van der Waals surface area contributed by atoms with Crippen LogP contribution in [0.5, 0.6) is 5.75 Å². The number of hydrogen-bond donors (Lipinski definition) is 0. The molecular weight excluding hydrogens is 576 g/mol. The van der Waals surface area contributed by atoms with E-state index in [-0.39, 0.29) is 29.5 Å². The van der Waals surface area contributed by atoms with Gasteiger partial charge >= 0.3 is 11.7 Å². The van der Waals surface area contributed by atoms with E-state index in [0.717, 1.165) is 4.68 Å². The number of nitro groups is 1. The first kappa shape index (κ1) is 25.5. The molecule has 0 aliphatic carbocycles. The zero-order valence-electron chi connectivity index (χ0n) is 18.4. The van der Waals surface area contributed by atoms with Gasteiger partial charge < -0.3 is 9.47 Å². The third-order valence-electron chi connectivity index (χ3n) is 4.56. The minimum absolute atomic E-state index is 0.144. The van der Waals surface area contributed by atoms with E-state index in [2.05, 4.69) is 41.9 Å². The molecule has 0 spiro atoms. The second-order valence-corrected chi connectivity index (χ2v) is 9.17. The summed E-state index contributed by atoms with van der Waals surface area (Å²) in [6.45, 7) is 5.00. The molecular formula is C22H20Br2N4O6. The second kappa shape index (κ2) is 10.9. The van der Waals surface area contributed by atoms with Crippen LogP contribution in [0.4, 0.5) is 5.69 Å². The van der Waals surface area contributed by atoms with Crippen molar-refractivity contribution in [3.8, 4) is 5.75 Å². The summed E-state index contributed by atoms with van der Waals surface area (Å²) in [6, 6.07) is 7.96. The number of hydrogen-bond acceptors (Lipinski definition) is 8. The Balaban J connectivity index is 2.16. The number of aromatic nitrogens is 2. The second-order valence-electron chi connectivity index (χ2n) is 7.34. The number of nitro benzene ring substituents is 1. The smallest absolute Gasteiger partial charge is 0.344 e. The van der Waals surface area contributed by atoms with Gasteiger partial charge in [0, 0.05) is 26.5 Å². The third-order valence-corrected chi connectivity index (χ3v) is 5.51. The lowest BCUT2D eigenvalue weighted by Crippen LogP contribution is -2.23. The fourth-order valence-electron chi connectivity index (χ4n) is 3.09. The number of ether oxygens (including phenoxy) is 2. The van der Waals surface area contributed by atoms with Crippen molar-refractivity contribution in [2.75, 3.05) is 13.2 Å². The van der Waals surface area contributed by atoms with E-state index >= 15 is 0 Å². The van der Waals surface area contributed by atoms with Crippen LogP contribution in [-0.2, 0) is 9.53 Å². The van der Waals surface area contributed by atoms with Crippen LogP contribution >= 0.6 is 31.9 Å². The molecule has 0 aliphatic heterocycles. The number of esters is 1. The fourth-order valence-corrected chi connectivity index (χ4v) is 3.92. The third kappa shape index (κ3) is 5.68. The predicted molar refractivity (Wildman–Crippen MR) is 134 cm³/mol. The van der Waals surface area contributed by atoms with Gasteiger partial charge in [0.1, 0.15) is 5.82 Å². The fraction of sp³-hybridized carbons (Fsp3) is 0.273. The first-order valence-corrected chi connectivity index (χ1v) is 11.7. The Bertz CT molecular complexity index is 1350. The lowest BCUT2D eigenvalue weighted by atomic mass is 10.2. The summed E-state index contributed by atoms with van der Waals surface area (Å²) >= 11 is 6.60. The first-order chi connectivity index (χ1) is 16.1. The predicted octanol–water partition coefficient (Wildman–Crippen LogP) is 4.78. The van der Waals surface area contributed by atoms with Crippen molar-refractivity contribution in [2.45, 2.75) is 26.7 Å². The molecule has 0 unspecified atom stereocenters. The number of nitrogens with zero attached hydrogens (tertiary/aromatic N) is 4. The zero-order chi connectivity index (χ0) is 25.0.